The van der Waals surface area contributed by atoms with Crippen LogP contribution in [-0.4, -0.2) is 43.9 Å². The molecule has 1 atom stereocenters. The lowest BCUT2D eigenvalue weighted by molar-refractivity contribution is 0.000103. The van der Waals surface area contributed by atoms with Crippen LogP contribution in [0, 0.1) is 5.82 Å². The summed E-state index contributed by atoms with van der Waals surface area (Å²) >= 11 is 0. The summed E-state index contributed by atoms with van der Waals surface area (Å²) < 4.78 is 14.8. The lowest BCUT2D eigenvalue weighted by Gasteiger charge is -2.33. The number of likely N-dealkylation sites (tertiary alicyclic amines) is 1. The molecule has 2 aromatic rings. The van der Waals surface area contributed by atoms with Crippen LogP contribution in [0.25, 0.3) is 5.69 Å². The lowest BCUT2D eigenvalue weighted by atomic mass is 9.96. The summed E-state index contributed by atoms with van der Waals surface area (Å²) in [5, 5.41) is 14.5. The Morgan fingerprint density at radius 1 is 1.39 bits per heavy atom. The first-order valence-electron chi connectivity index (χ1n) is 7.71. The van der Waals surface area contributed by atoms with E-state index in [2.05, 4.69) is 5.10 Å². The molecule has 0 radical (unpaired) electrons. The Hall–Kier alpha value is -2.21. The maximum absolute atomic E-state index is 13.3. The summed E-state index contributed by atoms with van der Waals surface area (Å²) in [6.07, 6.45) is 3.28. The maximum atomic E-state index is 13.3. The van der Waals surface area contributed by atoms with Crippen LogP contribution in [0.1, 0.15) is 37.2 Å². The third-order valence-electron chi connectivity index (χ3n) is 4.21. The number of halogens is 1. The summed E-state index contributed by atoms with van der Waals surface area (Å²) in [5.74, 6) is -0.558. The van der Waals surface area contributed by atoms with Crippen molar-refractivity contribution < 1.29 is 14.3 Å². The van der Waals surface area contributed by atoms with Gasteiger partial charge in [-0.05, 0) is 51.0 Å². The van der Waals surface area contributed by atoms with Crippen LogP contribution in [0.5, 0.6) is 0 Å². The van der Waals surface area contributed by atoms with Crippen molar-refractivity contribution in [1.82, 2.24) is 14.7 Å². The molecule has 6 heteroatoms. The topological polar surface area (TPSA) is 58.4 Å². The van der Waals surface area contributed by atoms with Gasteiger partial charge < -0.3 is 10.0 Å². The molecule has 0 saturated carbocycles. The molecule has 1 saturated heterocycles. The van der Waals surface area contributed by atoms with E-state index in [1.165, 1.54) is 16.8 Å². The van der Waals surface area contributed by atoms with Crippen molar-refractivity contribution in [3.05, 3.63) is 48.0 Å². The van der Waals surface area contributed by atoms with Crippen LogP contribution < -0.4 is 0 Å². The van der Waals surface area contributed by atoms with Gasteiger partial charge in [-0.25, -0.2) is 9.07 Å². The number of aliphatic hydroxyl groups is 1. The van der Waals surface area contributed by atoms with E-state index in [0.29, 0.717) is 17.9 Å². The number of carbonyl (C=O) groups is 1. The monoisotopic (exact) mass is 317 g/mol. The van der Waals surface area contributed by atoms with Gasteiger partial charge >= 0.3 is 0 Å². The van der Waals surface area contributed by atoms with Crippen molar-refractivity contribution in [2.24, 2.45) is 0 Å². The summed E-state index contributed by atoms with van der Waals surface area (Å²) in [4.78, 5) is 14.4. The SMILES string of the molecule is CC(C)(O)C1CCCN1C(=O)c1ccn(-c2cccc(F)c2)n1. The fraction of sp³-hybridized carbons (Fsp3) is 0.412. The minimum atomic E-state index is -0.947. The van der Waals surface area contributed by atoms with Gasteiger partial charge in [0.05, 0.1) is 17.3 Å². The van der Waals surface area contributed by atoms with E-state index in [0.717, 1.165) is 12.8 Å². The Kier molecular flexibility index (Phi) is 3.93. The summed E-state index contributed by atoms with van der Waals surface area (Å²) in [7, 11) is 0. The molecule has 1 aromatic carbocycles. The first kappa shape index (κ1) is 15.7. The number of rotatable bonds is 3. The molecule has 5 nitrogen and oxygen atoms in total. The van der Waals surface area contributed by atoms with Crippen molar-refractivity contribution >= 4 is 5.91 Å². The Morgan fingerprint density at radius 2 is 2.17 bits per heavy atom. The predicted molar refractivity (Wildman–Crippen MR) is 83.9 cm³/mol. The first-order valence-corrected chi connectivity index (χ1v) is 7.71. The van der Waals surface area contributed by atoms with Gasteiger partial charge in [0, 0.05) is 12.7 Å². The maximum Gasteiger partial charge on any atom is 0.274 e. The van der Waals surface area contributed by atoms with E-state index < -0.39 is 5.60 Å². The van der Waals surface area contributed by atoms with Crippen LogP contribution in [0.3, 0.4) is 0 Å². The third-order valence-corrected chi connectivity index (χ3v) is 4.21. The van der Waals surface area contributed by atoms with Crippen LogP contribution in [0.15, 0.2) is 36.5 Å². The molecule has 1 fully saturated rings. The summed E-state index contributed by atoms with van der Waals surface area (Å²) in [6.45, 7) is 4.05. The second-order valence-corrected chi connectivity index (χ2v) is 6.44. The zero-order valence-corrected chi connectivity index (χ0v) is 13.2. The van der Waals surface area contributed by atoms with Gasteiger partial charge in [0.15, 0.2) is 5.69 Å². The lowest BCUT2D eigenvalue weighted by Crippen LogP contribution is -2.48. The van der Waals surface area contributed by atoms with Crippen molar-refractivity contribution in [3.8, 4) is 5.69 Å². The van der Waals surface area contributed by atoms with E-state index in [1.807, 2.05) is 0 Å². The molecule has 1 aromatic heterocycles. The molecule has 1 N–H and O–H groups in total. The molecule has 1 amide bonds. The fourth-order valence-corrected chi connectivity index (χ4v) is 3.09. The van der Waals surface area contributed by atoms with E-state index in [9.17, 15) is 14.3 Å². The number of hydrogen-bond acceptors (Lipinski definition) is 3. The Balaban J connectivity index is 1.84. The number of amides is 1. The number of benzene rings is 1. The second kappa shape index (κ2) is 5.77. The molecule has 1 unspecified atom stereocenters. The number of hydrogen-bond donors (Lipinski definition) is 1. The molecular weight excluding hydrogens is 297 g/mol. The summed E-state index contributed by atoms with van der Waals surface area (Å²) in [6, 6.07) is 7.44. The van der Waals surface area contributed by atoms with Crippen molar-refractivity contribution in [3.63, 3.8) is 0 Å². The molecule has 1 aliphatic heterocycles. The normalized spacial score (nSPS) is 18.4. The average Bonchev–Trinajstić information content (AvgIpc) is 3.15. The predicted octanol–water partition coefficient (Wildman–Crippen LogP) is 2.39. The quantitative estimate of drug-likeness (QED) is 0.945. The highest BCUT2D eigenvalue weighted by atomic mass is 19.1. The smallest absolute Gasteiger partial charge is 0.274 e. The highest BCUT2D eigenvalue weighted by molar-refractivity contribution is 5.92. The summed E-state index contributed by atoms with van der Waals surface area (Å²) in [5.41, 5.74) is -0.0907. The molecular formula is C17H20FN3O2. The van der Waals surface area contributed by atoms with E-state index in [1.54, 1.807) is 43.1 Å². The Morgan fingerprint density at radius 3 is 2.87 bits per heavy atom. The molecule has 122 valence electrons. The minimum Gasteiger partial charge on any atom is -0.388 e. The van der Waals surface area contributed by atoms with Gasteiger partial charge in [-0.3, -0.25) is 4.79 Å². The fourth-order valence-electron chi connectivity index (χ4n) is 3.09. The zero-order valence-electron chi connectivity index (χ0n) is 13.2. The molecule has 23 heavy (non-hydrogen) atoms. The van der Waals surface area contributed by atoms with Crippen LogP contribution in [0.2, 0.25) is 0 Å². The molecule has 0 bridgehead atoms. The van der Waals surface area contributed by atoms with Crippen molar-refractivity contribution in [2.75, 3.05) is 6.54 Å². The average molecular weight is 317 g/mol. The standard InChI is InChI=1S/C17H20FN3O2/c1-17(2,23)15-7-4-9-20(15)16(22)14-8-10-21(19-14)13-6-3-5-12(18)11-13/h3,5-6,8,10-11,15,23H,4,7,9H2,1-2H3. The van der Waals surface area contributed by atoms with E-state index in [4.69, 9.17) is 0 Å². The first-order chi connectivity index (χ1) is 10.9. The van der Waals surface area contributed by atoms with Gasteiger partial charge in [-0.15, -0.1) is 0 Å². The second-order valence-electron chi connectivity index (χ2n) is 6.44. The van der Waals surface area contributed by atoms with Crippen LogP contribution in [0.4, 0.5) is 4.39 Å². The Labute approximate surface area is 134 Å². The van der Waals surface area contributed by atoms with Gasteiger partial charge in [-0.2, -0.15) is 5.10 Å². The van der Waals surface area contributed by atoms with Crippen LogP contribution in [-0.2, 0) is 0 Å². The number of carbonyl (C=O) groups excluding carboxylic acids is 1. The van der Waals surface area contributed by atoms with Crippen molar-refractivity contribution in [1.29, 1.82) is 0 Å². The van der Waals surface area contributed by atoms with Gasteiger partial charge in [-0.1, -0.05) is 6.07 Å². The Bertz CT molecular complexity index is 721. The van der Waals surface area contributed by atoms with E-state index >= 15 is 0 Å². The highest BCUT2D eigenvalue weighted by Gasteiger charge is 2.39. The third kappa shape index (κ3) is 3.12. The van der Waals surface area contributed by atoms with Crippen LogP contribution >= 0.6 is 0 Å². The van der Waals surface area contributed by atoms with E-state index in [-0.39, 0.29) is 17.8 Å². The van der Waals surface area contributed by atoms with Gasteiger partial charge in [0.1, 0.15) is 5.82 Å². The minimum absolute atomic E-state index is 0.204. The van der Waals surface area contributed by atoms with Gasteiger partial charge in [0.2, 0.25) is 0 Å². The molecule has 0 spiro atoms. The van der Waals surface area contributed by atoms with Gasteiger partial charge in [0.25, 0.3) is 5.91 Å². The molecule has 2 heterocycles. The molecule has 3 rings (SSSR count). The largest absolute Gasteiger partial charge is 0.388 e. The van der Waals surface area contributed by atoms with Crippen molar-refractivity contribution in [2.45, 2.75) is 38.3 Å². The zero-order chi connectivity index (χ0) is 16.6. The number of aromatic nitrogens is 2. The molecule has 0 aliphatic carbocycles. The number of nitrogens with zero attached hydrogens (tertiary/aromatic N) is 3. The molecule has 1 aliphatic rings. The highest BCUT2D eigenvalue weighted by Crippen LogP contribution is 2.28.